The molecule has 4 heterocycles. The summed E-state index contributed by atoms with van der Waals surface area (Å²) < 4.78 is 48.4. The van der Waals surface area contributed by atoms with Gasteiger partial charge >= 0.3 is 6.03 Å². The number of Topliss-reactive ketones (excluding diaryl/α,β-unsaturated/α-hetero) is 1. The largest absolute Gasteiger partial charge is 0.482 e. The van der Waals surface area contributed by atoms with Crippen molar-refractivity contribution in [2.45, 2.75) is 51.9 Å². The number of carbonyl (C=O) groups excluding carboxylic acids is 6. The minimum atomic E-state index is -3.99. The summed E-state index contributed by atoms with van der Waals surface area (Å²) in [6.45, 7) is 10.7. The van der Waals surface area contributed by atoms with E-state index < -0.39 is 34.4 Å². The number of carbonyl (C=O) groups is 6. The molecule has 0 spiro atoms. The molecule has 6 amide bonds. The first-order valence-electron chi connectivity index (χ1n) is 22.3. The van der Waals surface area contributed by atoms with Crippen molar-refractivity contribution < 1.29 is 46.3 Å². The van der Waals surface area contributed by atoms with Crippen LogP contribution in [0.25, 0.3) is 11.1 Å². The van der Waals surface area contributed by atoms with E-state index in [1.165, 1.54) is 58.6 Å². The molecule has 3 N–H and O–H groups in total. The number of piperidine rings is 1. The van der Waals surface area contributed by atoms with Crippen molar-refractivity contribution in [3.05, 3.63) is 94.0 Å². The number of ketones is 1. The van der Waals surface area contributed by atoms with E-state index in [0.29, 0.717) is 72.7 Å². The summed E-state index contributed by atoms with van der Waals surface area (Å²) >= 11 is 6.40. The Morgan fingerprint density at radius 1 is 0.896 bits per heavy atom. The lowest BCUT2D eigenvalue weighted by atomic mass is 9.95. The van der Waals surface area contributed by atoms with Crippen LogP contribution in [0.5, 0.6) is 5.75 Å². The molecule has 0 aliphatic carbocycles. The summed E-state index contributed by atoms with van der Waals surface area (Å²) in [7, 11) is -3.99. The minimum Gasteiger partial charge on any atom is -0.482 e. The van der Waals surface area contributed by atoms with Crippen molar-refractivity contribution in [2.75, 3.05) is 82.3 Å². The van der Waals surface area contributed by atoms with Crippen molar-refractivity contribution >= 4 is 68.4 Å². The van der Waals surface area contributed by atoms with Gasteiger partial charge in [-0.25, -0.2) is 17.6 Å². The quantitative estimate of drug-likeness (QED) is 0.123. The second-order valence-corrected chi connectivity index (χ2v) is 19.1. The highest BCUT2D eigenvalue weighted by Gasteiger charge is 2.32. The van der Waals surface area contributed by atoms with Gasteiger partial charge in [0.05, 0.1) is 21.3 Å². The second-order valence-electron chi connectivity index (χ2n) is 16.8. The number of imide groups is 1. The number of piperazine rings is 1. The van der Waals surface area contributed by atoms with Gasteiger partial charge < -0.3 is 24.8 Å². The number of aromatic amines is 1. The number of nitrogens with one attached hydrogen (secondary N) is 3. The van der Waals surface area contributed by atoms with Crippen molar-refractivity contribution in [2.24, 2.45) is 5.92 Å². The highest BCUT2D eigenvalue weighted by Crippen LogP contribution is 2.35. The predicted molar refractivity (Wildman–Crippen MR) is 250 cm³/mol. The molecule has 3 aliphatic heterocycles. The summed E-state index contributed by atoms with van der Waals surface area (Å²) in [5, 5.41) is 5.33. The number of urea groups is 1. The number of sulfonamides is 1. The van der Waals surface area contributed by atoms with E-state index in [2.05, 4.69) is 20.5 Å². The number of aryl methyl sites for hydroxylation is 1. The third kappa shape index (κ3) is 10.9. The topological polar surface area (TPSA) is 202 Å². The normalized spacial score (nSPS) is 16.3. The smallest absolute Gasteiger partial charge is 0.328 e. The Bertz CT molecular complexity index is 2680. The SMILES string of the molecule is CCN(CC)S(=O)(=O)c1ccc(OCC(=O)N2CCN(CC3CCN(C(=O)c4ccc(Cl)c(N5CCC(=O)NC5=O)c4)CC3)CC2)c(NC(=O)c2[nH]c(C)c(C(C)=O)c2-c2ccc(F)cc2)c1. The van der Waals surface area contributed by atoms with Gasteiger partial charge in [-0.1, -0.05) is 37.6 Å². The van der Waals surface area contributed by atoms with Crippen LogP contribution in [-0.2, 0) is 19.6 Å². The number of hydrogen-bond donors (Lipinski definition) is 3. The Hall–Kier alpha value is -6.15. The second kappa shape index (κ2) is 20.8. The number of aromatic nitrogens is 1. The molecule has 356 valence electrons. The van der Waals surface area contributed by atoms with E-state index in [4.69, 9.17) is 16.3 Å². The zero-order valence-corrected chi connectivity index (χ0v) is 39.4. The fourth-order valence-electron chi connectivity index (χ4n) is 8.85. The molecule has 17 nitrogen and oxygen atoms in total. The van der Waals surface area contributed by atoms with Gasteiger partial charge in [0.2, 0.25) is 15.9 Å². The molecule has 20 heteroatoms. The van der Waals surface area contributed by atoms with Crippen LogP contribution in [0.4, 0.5) is 20.6 Å². The van der Waals surface area contributed by atoms with Gasteiger partial charge in [-0.15, -0.1) is 0 Å². The molecule has 0 radical (unpaired) electrons. The predicted octanol–water partition coefficient (Wildman–Crippen LogP) is 5.79. The molecule has 4 aromatic rings. The lowest BCUT2D eigenvalue weighted by Gasteiger charge is -2.39. The van der Waals surface area contributed by atoms with E-state index in [1.807, 2.05) is 0 Å². The molecule has 3 saturated heterocycles. The number of halogens is 2. The molecule has 1 aromatic heterocycles. The molecule has 3 fully saturated rings. The Balaban J connectivity index is 0.964. The van der Waals surface area contributed by atoms with Crippen LogP contribution < -0.4 is 20.3 Å². The number of likely N-dealkylation sites (tertiary alicyclic amines) is 1. The molecule has 3 aliphatic rings. The molecule has 3 aromatic carbocycles. The summed E-state index contributed by atoms with van der Waals surface area (Å²) in [6, 6.07) is 13.6. The summed E-state index contributed by atoms with van der Waals surface area (Å²) in [6.07, 6.45) is 1.71. The van der Waals surface area contributed by atoms with Crippen molar-refractivity contribution in [1.29, 1.82) is 0 Å². The van der Waals surface area contributed by atoms with Crippen LogP contribution in [0, 0.1) is 18.7 Å². The Morgan fingerprint density at radius 2 is 1.58 bits per heavy atom. The summed E-state index contributed by atoms with van der Waals surface area (Å²) in [5.74, 6) is -1.99. The third-order valence-corrected chi connectivity index (χ3v) is 14.8. The lowest BCUT2D eigenvalue weighted by molar-refractivity contribution is -0.135. The fraction of sp³-hybridized carbons (Fsp3) is 0.404. The highest BCUT2D eigenvalue weighted by molar-refractivity contribution is 7.89. The molecular weight excluding hydrogens is 907 g/mol. The van der Waals surface area contributed by atoms with Crippen molar-refractivity contribution in [1.82, 2.24) is 29.3 Å². The summed E-state index contributed by atoms with van der Waals surface area (Å²) in [5.41, 5.74) is 2.06. The first kappa shape index (κ1) is 48.8. The number of amides is 6. The third-order valence-electron chi connectivity index (χ3n) is 12.5. The number of benzene rings is 3. The maximum Gasteiger partial charge on any atom is 0.328 e. The lowest BCUT2D eigenvalue weighted by Crippen LogP contribution is -2.51. The zero-order valence-electron chi connectivity index (χ0n) is 37.8. The van der Waals surface area contributed by atoms with E-state index in [0.717, 1.165) is 19.4 Å². The highest BCUT2D eigenvalue weighted by atomic mass is 35.5. The van der Waals surface area contributed by atoms with Gasteiger partial charge in [0.25, 0.3) is 17.7 Å². The van der Waals surface area contributed by atoms with Crippen LogP contribution in [0.2, 0.25) is 5.02 Å². The average Bonchev–Trinajstić information content (AvgIpc) is 3.67. The van der Waals surface area contributed by atoms with E-state index in [9.17, 15) is 41.6 Å². The monoisotopic (exact) mass is 960 g/mol. The first-order chi connectivity index (χ1) is 32.0. The van der Waals surface area contributed by atoms with E-state index in [1.54, 1.807) is 48.8 Å². The van der Waals surface area contributed by atoms with Gasteiger partial charge in [-0.05, 0) is 86.7 Å². The Morgan fingerprint density at radius 3 is 2.22 bits per heavy atom. The van der Waals surface area contributed by atoms with E-state index in [-0.39, 0.29) is 82.7 Å². The first-order valence-corrected chi connectivity index (χ1v) is 24.1. The minimum absolute atomic E-state index is 0.0103. The number of ether oxygens (including phenoxy) is 1. The molecule has 0 bridgehead atoms. The number of hydrogen-bond acceptors (Lipinski definition) is 10. The zero-order chi connectivity index (χ0) is 48.2. The van der Waals surface area contributed by atoms with Crippen molar-refractivity contribution in [3.8, 4) is 16.9 Å². The van der Waals surface area contributed by atoms with Gasteiger partial charge in [0, 0.05) is 94.3 Å². The summed E-state index contributed by atoms with van der Waals surface area (Å²) in [4.78, 5) is 88.1. The number of H-pyrrole nitrogens is 1. The van der Waals surface area contributed by atoms with Crippen molar-refractivity contribution in [3.63, 3.8) is 0 Å². The van der Waals surface area contributed by atoms with Gasteiger partial charge in [0.1, 0.15) is 17.3 Å². The maximum atomic E-state index is 14.1. The molecule has 0 unspecified atom stereocenters. The Kier molecular flexibility index (Phi) is 15.1. The molecule has 0 atom stereocenters. The standard InChI is InChI=1S/C47H54ClFN8O9S/c1-5-56(6-2)67(64,65)35-12-14-39(37(26-35)51-45(61)44-43(32-7-10-34(49)11-8-32)42(30(4)58)29(3)50-44)66-28-41(60)54-23-21-53(22-24-54)27-31-15-18-55(19-16-31)46(62)33-9-13-36(48)38(25-33)57-20-17-40(59)52-47(57)63/h7-14,25-26,31,50H,5-6,15-24,27-28H2,1-4H3,(H,51,61)(H,52,59,63). The van der Waals surface area contributed by atoms with E-state index >= 15 is 0 Å². The number of anilines is 2. The number of nitrogens with zero attached hydrogens (tertiary/aromatic N) is 5. The van der Waals surface area contributed by atoms with Crippen LogP contribution >= 0.6 is 11.6 Å². The van der Waals surface area contributed by atoms with Gasteiger partial charge in [-0.2, -0.15) is 4.31 Å². The van der Waals surface area contributed by atoms with Crippen LogP contribution in [0.3, 0.4) is 0 Å². The Labute approximate surface area is 393 Å². The number of rotatable bonds is 15. The molecular formula is C47H54ClFN8O9S. The van der Waals surface area contributed by atoms with Crippen LogP contribution in [-0.4, -0.2) is 140 Å². The molecule has 7 rings (SSSR count). The fourth-order valence-corrected chi connectivity index (χ4v) is 10.6. The van der Waals surface area contributed by atoms with Gasteiger partial charge in [-0.3, -0.25) is 39.1 Å². The average molecular weight is 962 g/mol. The molecule has 0 saturated carbocycles. The van der Waals surface area contributed by atoms with Crippen LogP contribution in [0.15, 0.2) is 65.6 Å². The molecule has 67 heavy (non-hydrogen) atoms. The van der Waals surface area contributed by atoms with Gasteiger partial charge in [0.15, 0.2) is 12.4 Å². The maximum absolute atomic E-state index is 14.1. The van der Waals surface area contributed by atoms with Crippen LogP contribution in [0.1, 0.15) is 76.9 Å².